The van der Waals surface area contributed by atoms with E-state index in [1.165, 1.54) is 19.3 Å². The number of nitrogens with zero attached hydrogens (tertiary/aromatic N) is 3. The minimum atomic E-state index is -0.848. The molecule has 1 aliphatic heterocycles. The maximum Gasteiger partial charge on any atom is 0.234 e. The van der Waals surface area contributed by atoms with Gasteiger partial charge in [-0.05, 0) is 32.6 Å². The van der Waals surface area contributed by atoms with E-state index >= 15 is 0 Å². The van der Waals surface area contributed by atoms with E-state index in [0.717, 1.165) is 39.1 Å². The van der Waals surface area contributed by atoms with Gasteiger partial charge < -0.3 is 19.9 Å². The van der Waals surface area contributed by atoms with Crippen LogP contribution in [-0.2, 0) is 4.74 Å². The van der Waals surface area contributed by atoms with Crippen LogP contribution in [0.2, 0.25) is 0 Å². The molecule has 1 aromatic rings. The summed E-state index contributed by atoms with van der Waals surface area (Å²) in [5.41, 5.74) is -0.848. The van der Waals surface area contributed by atoms with Gasteiger partial charge in [0, 0.05) is 26.2 Å². The molecule has 0 amide bonds. The normalized spacial score (nSPS) is 22.3. The Balaban J connectivity index is 1.49. The average molecular weight is 350 g/mol. The lowest BCUT2D eigenvalue weighted by Crippen LogP contribution is -2.49. The molecule has 1 saturated heterocycles. The second-order valence-electron chi connectivity index (χ2n) is 7.36. The Bertz CT molecular complexity index is 529. The second-order valence-corrected chi connectivity index (χ2v) is 7.36. The summed E-state index contributed by atoms with van der Waals surface area (Å²) < 4.78 is 11.3. The van der Waals surface area contributed by atoms with Gasteiger partial charge in [0.1, 0.15) is 11.9 Å². The maximum absolute atomic E-state index is 10.6. The monoisotopic (exact) mass is 350 g/mol. The SMILES string of the molecule is CC(O)(CNc1cncc(OC2CCCCC2)n1)CN1CCOCC1. The number of β-amino-alcohol motifs (C(OH)–C–C–N with tert-alkyl or cyclic N) is 1. The Morgan fingerprint density at radius 1 is 1.28 bits per heavy atom. The van der Waals surface area contributed by atoms with Crippen LogP contribution in [0.3, 0.4) is 0 Å². The van der Waals surface area contributed by atoms with Crippen LogP contribution in [-0.4, -0.2) is 71.1 Å². The lowest BCUT2D eigenvalue weighted by Gasteiger charge is -2.34. The number of ether oxygens (including phenoxy) is 2. The van der Waals surface area contributed by atoms with Crippen LogP contribution in [0.4, 0.5) is 5.82 Å². The summed E-state index contributed by atoms with van der Waals surface area (Å²) in [5.74, 6) is 1.19. The zero-order valence-corrected chi connectivity index (χ0v) is 15.1. The molecule has 0 radical (unpaired) electrons. The van der Waals surface area contributed by atoms with Crippen molar-refractivity contribution in [3.8, 4) is 5.88 Å². The van der Waals surface area contributed by atoms with Crippen LogP contribution >= 0.6 is 0 Å². The molecule has 1 unspecified atom stereocenters. The van der Waals surface area contributed by atoms with Gasteiger partial charge in [-0.25, -0.2) is 0 Å². The molecule has 3 rings (SSSR count). The van der Waals surface area contributed by atoms with Crippen LogP contribution in [0, 0.1) is 0 Å². The van der Waals surface area contributed by atoms with Gasteiger partial charge in [-0.3, -0.25) is 9.88 Å². The predicted molar refractivity (Wildman–Crippen MR) is 95.9 cm³/mol. The summed E-state index contributed by atoms with van der Waals surface area (Å²) in [5, 5.41) is 13.8. The van der Waals surface area contributed by atoms with E-state index in [0.29, 0.717) is 24.8 Å². The molecule has 7 nitrogen and oxygen atoms in total. The predicted octanol–water partition coefficient (Wildman–Crippen LogP) is 1.68. The largest absolute Gasteiger partial charge is 0.473 e. The van der Waals surface area contributed by atoms with E-state index in [-0.39, 0.29) is 6.10 Å². The lowest BCUT2D eigenvalue weighted by atomic mass is 9.98. The maximum atomic E-state index is 10.6. The van der Waals surface area contributed by atoms with Gasteiger partial charge in [-0.1, -0.05) is 6.42 Å². The molecular formula is C18H30N4O3. The lowest BCUT2D eigenvalue weighted by molar-refractivity contribution is -0.0164. The Morgan fingerprint density at radius 3 is 2.80 bits per heavy atom. The smallest absolute Gasteiger partial charge is 0.234 e. The first-order valence-electron chi connectivity index (χ1n) is 9.36. The van der Waals surface area contributed by atoms with Gasteiger partial charge in [0.05, 0.1) is 31.2 Å². The molecule has 2 N–H and O–H groups in total. The van der Waals surface area contributed by atoms with Gasteiger partial charge in [0.15, 0.2) is 0 Å². The standard InChI is InChI=1S/C18H30N4O3/c1-18(23,14-22-7-9-24-10-8-22)13-20-16-11-19-12-17(21-16)25-15-5-3-2-4-6-15/h11-12,15,23H,2-10,13-14H2,1H3,(H,20,21). The van der Waals surface area contributed by atoms with E-state index in [1.807, 2.05) is 6.92 Å². The van der Waals surface area contributed by atoms with E-state index in [2.05, 4.69) is 20.2 Å². The number of hydrogen-bond donors (Lipinski definition) is 2. The third kappa shape index (κ3) is 6.09. The van der Waals surface area contributed by atoms with Gasteiger partial charge in [-0.15, -0.1) is 0 Å². The summed E-state index contributed by atoms with van der Waals surface area (Å²) >= 11 is 0. The Morgan fingerprint density at radius 2 is 2.04 bits per heavy atom. The Labute approximate surface area is 149 Å². The molecule has 1 aliphatic carbocycles. The number of aromatic nitrogens is 2. The average Bonchev–Trinajstić information content (AvgIpc) is 2.62. The molecule has 1 atom stereocenters. The molecule has 1 saturated carbocycles. The Kier molecular flexibility index (Phi) is 6.45. The number of anilines is 1. The van der Waals surface area contributed by atoms with Crippen molar-refractivity contribution >= 4 is 5.82 Å². The summed E-state index contributed by atoms with van der Waals surface area (Å²) in [7, 11) is 0. The summed E-state index contributed by atoms with van der Waals surface area (Å²) in [6, 6.07) is 0. The van der Waals surface area contributed by atoms with E-state index < -0.39 is 5.60 Å². The highest BCUT2D eigenvalue weighted by Gasteiger charge is 2.25. The fraction of sp³-hybridized carbons (Fsp3) is 0.778. The van der Waals surface area contributed by atoms with E-state index in [4.69, 9.17) is 9.47 Å². The highest BCUT2D eigenvalue weighted by Crippen LogP contribution is 2.22. The Hall–Kier alpha value is -1.44. The van der Waals surface area contributed by atoms with Crippen molar-refractivity contribution in [1.29, 1.82) is 0 Å². The van der Waals surface area contributed by atoms with Gasteiger partial charge in [-0.2, -0.15) is 4.98 Å². The highest BCUT2D eigenvalue weighted by atomic mass is 16.5. The fourth-order valence-corrected chi connectivity index (χ4v) is 3.42. The van der Waals surface area contributed by atoms with Crippen LogP contribution in [0.1, 0.15) is 39.0 Å². The van der Waals surface area contributed by atoms with Gasteiger partial charge in [0.2, 0.25) is 5.88 Å². The van der Waals surface area contributed by atoms with Crippen LogP contribution < -0.4 is 10.1 Å². The zero-order valence-electron chi connectivity index (χ0n) is 15.1. The third-order valence-corrected chi connectivity index (χ3v) is 4.77. The zero-order chi connectivity index (χ0) is 17.5. The number of hydrogen-bond acceptors (Lipinski definition) is 7. The van der Waals surface area contributed by atoms with Crippen molar-refractivity contribution < 1.29 is 14.6 Å². The summed E-state index contributed by atoms with van der Waals surface area (Å²) in [6.07, 6.45) is 9.50. The van der Waals surface area contributed by atoms with Crippen molar-refractivity contribution in [1.82, 2.24) is 14.9 Å². The summed E-state index contributed by atoms with van der Waals surface area (Å²) in [6.45, 7) is 6.04. The van der Waals surface area contributed by atoms with Crippen molar-refractivity contribution in [3.63, 3.8) is 0 Å². The highest BCUT2D eigenvalue weighted by molar-refractivity contribution is 5.33. The van der Waals surface area contributed by atoms with Crippen LogP contribution in [0.5, 0.6) is 5.88 Å². The first kappa shape index (κ1) is 18.4. The molecule has 7 heteroatoms. The van der Waals surface area contributed by atoms with Gasteiger partial charge >= 0.3 is 0 Å². The minimum absolute atomic E-state index is 0.253. The van der Waals surface area contributed by atoms with E-state index in [9.17, 15) is 5.11 Å². The number of morpholine rings is 1. The molecule has 2 aliphatic rings. The molecule has 140 valence electrons. The number of nitrogens with one attached hydrogen (secondary N) is 1. The fourth-order valence-electron chi connectivity index (χ4n) is 3.42. The van der Waals surface area contributed by atoms with Gasteiger partial charge in [0.25, 0.3) is 0 Å². The van der Waals surface area contributed by atoms with Crippen molar-refractivity contribution in [2.24, 2.45) is 0 Å². The van der Waals surface area contributed by atoms with E-state index in [1.54, 1.807) is 12.4 Å². The van der Waals surface area contributed by atoms with Crippen molar-refractivity contribution in [3.05, 3.63) is 12.4 Å². The molecular weight excluding hydrogens is 320 g/mol. The molecule has 2 fully saturated rings. The number of rotatable bonds is 7. The third-order valence-electron chi connectivity index (χ3n) is 4.77. The first-order valence-corrected chi connectivity index (χ1v) is 9.36. The first-order chi connectivity index (χ1) is 12.1. The van der Waals surface area contributed by atoms with Crippen LogP contribution in [0.25, 0.3) is 0 Å². The van der Waals surface area contributed by atoms with Crippen LogP contribution in [0.15, 0.2) is 12.4 Å². The molecule has 1 aromatic heterocycles. The molecule has 0 bridgehead atoms. The van der Waals surface area contributed by atoms with Crippen molar-refractivity contribution in [2.75, 3.05) is 44.7 Å². The van der Waals surface area contributed by atoms with Crippen molar-refractivity contribution in [2.45, 2.75) is 50.7 Å². The second kappa shape index (κ2) is 8.78. The quantitative estimate of drug-likeness (QED) is 0.774. The molecule has 0 spiro atoms. The molecule has 2 heterocycles. The topological polar surface area (TPSA) is 79.7 Å². The molecule has 0 aromatic carbocycles. The minimum Gasteiger partial charge on any atom is -0.473 e. The summed E-state index contributed by atoms with van der Waals surface area (Å²) in [4.78, 5) is 10.9. The molecule has 25 heavy (non-hydrogen) atoms. The number of aliphatic hydroxyl groups is 1.